The van der Waals surface area contributed by atoms with E-state index in [1.807, 2.05) is 36.5 Å². The molecule has 0 saturated heterocycles. The fourth-order valence-corrected chi connectivity index (χ4v) is 2.07. The van der Waals surface area contributed by atoms with Gasteiger partial charge in [-0.2, -0.15) is 0 Å². The molecule has 3 nitrogen and oxygen atoms in total. The van der Waals surface area contributed by atoms with Crippen LogP contribution in [0.1, 0.15) is 22.7 Å². The standard InChI is InChI=1S/C15H18N2O/c1-11-8-13(18-2)5-6-14(11)15(16)9-12-4-3-7-17-10-12/h3-8,10,15H,9,16H2,1-2H3. The molecule has 0 spiro atoms. The van der Waals surface area contributed by atoms with Crippen molar-refractivity contribution in [2.24, 2.45) is 5.73 Å². The number of aryl methyl sites for hydroxylation is 1. The average molecular weight is 242 g/mol. The predicted molar refractivity (Wildman–Crippen MR) is 72.6 cm³/mol. The van der Waals surface area contributed by atoms with Gasteiger partial charge in [-0.05, 0) is 48.2 Å². The van der Waals surface area contributed by atoms with Crippen molar-refractivity contribution >= 4 is 0 Å². The van der Waals surface area contributed by atoms with Gasteiger partial charge in [-0.25, -0.2) is 0 Å². The second kappa shape index (κ2) is 5.65. The number of methoxy groups -OCH3 is 1. The van der Waals surface area contributed by atoms with Crippen molar-refractivity contribution < 1.29 is 4.74 Å². The lowest BCUT2D eigenvalue weighted by molar-refractivity contribution is 0.414. The fourth-order valence-electron chi connectivity index (χ4n) is 2.07. The maximum atomic E-state index is 6.25. The number of nitrogens with zero attached hydrogens (tertiary/aromatic N) is 1. The summed E-state index contributed by atoms with van der Waals surface area (Å²) in [7, 11) is 1.67. The van der Waals surface area contributed by atoms with E-state index in [-0.39, 0.29) is 6.04 Å². The monoisotopic (exact) mass is 242 g/mol. The molecule has 2 aromatic rings. The van der Waals surface area contributed by atoms with Crippen molar-refractivity contribution in [3.8, 4) is 5.75 Å². The third-order valence-corrected chi connectivity index (χ3v) is 3.05. The summed E-state index contributed by atoms with van der Waals surface area (Å²) in [6.45, 7) is 2.06. The minimum absolute atomic E-state index is 0.0138. The molecule has 0 bridgehead atoms. The first kappa shape index (κ1) is 12.6. The second-order valence-corrected chi connectivity index (χ2v) is 4.39. The molecule has 1 atom stereocenters. The van der Waals surface area contributed by atoms with Crippen LogP contribution in [0.5, 0.6) is 5.75 Å². The van der Waals surface area contributed by atoms with Crippen molar-refractivity contribution in [3.63, 3.8) is 0 Å². The molecule has 1 unspecified atom stereocenters. The van der Waals surface area contributed by atoms with Gasteiger partial charge in [-0.3, -0.25) is 4.98 Å². The summed E-state index contributed by atoms with van der Waals surface area (Å²) in [6.07, 6.45) is 4.42. The zero-order valence-corrected chi connectivity index (χ0v) is 10.8. The highest BCUT2D eigenvalue weighted by atomic mass is 16.5. The third-order valence-electron chi connectivity index (χ3n) is 3.05. The highest BCUT2D eigenvalue weighted by Crippen LogP contribution is 2.23. The van der Waals surface area contributed by atoms with Gasteiger partial charge in [0.25, 0.3) is 0 Å². The first-order valence-electron chi connectivity index (χ1n) is 5.99. The summed E-state index contributed by atoms with van der Waals surface area (Å²) in [5.41, 5.74) is 9.71. The molecule has 1 heterocycles. The van der Waals surface area contributed by atoms with E-state index in [4.69, 9.17) is 10.5 Å². The summed E-state index contributed by atoms with van der Waals surface area (Å²) < 4.78 is 5.20. The molecule has 3 heteroatoms. The van der Waals surface area contributed by atoms with Crippen LogP contribution in [0.2, 0.25) is 0 Å². The maximum Gasteiger partial charge on any atom is 0.119 e. The van der Waals surface area contributed by atoms with Gasteiger partial charge in [-0.1, -0.05) is 12.1 Å². The van der Waals surface area contributed by atoms with Crippen molar-refractivity contribution in [3.05, 3.63) is 59.4 Å². The van der Waals surface area contributed by atoms with Gasteiger partial charge in [0.15, 0.2) is 0 Å². The molecule has 0 saturated carbocycles. The highest BCUT2D eigenvalue weighted by molar-refractivity contribution is 5.37. The van der Waals surface area contributed by atoms with Crippen molar-refractivity contribution in [2.75, 3.05) is 7.11 Å². The normalized spacial score (nSPS) is 12.2. The van der Waals surface area contributed by atoms with Gasteiger partial charge in [0, 0.05) is 18.4 Å². The van der Waals surface area contributed by atoms with Gasteiger partial charge in [0.1, 0.15) is 5.75 Å². The Kier molecular flexibility index (Phi) is 3.95. The summed E-state index contributed by atoms with van der Waals surface area (Å²) in [4.78, 5) is 4.11. The Morgan fingerprint density at radius 3 is 2.78 bits per heavy atom. The quantitative estimate of drug-likeness (QED) is 0.896. The Hall–Kier alpha value is -1.87. The molecule has 0 aliphatic carbocycles. The smallest absolute Gasteiger partial charge is 0.119 e. The number of nitrogens with two attached hydrogens (primary N) is 1. The molecular weight excluding hydrogens is 224 g/mol. The second-order valence-electron chi connectivity index (χ2n) is 4.39. The summed E-state index contributed by atoms with van der Waals surface area (Å²) in [5.74, 6) is 0.866. The Morgan fingerprint density at radius 2 is 2.17 bits per heavy atom. The number of rotatable bonds is 4. The molecule has 0 aliphatic heterocycles. The molecular formula is C15H18N2O. The van der Waals surface area contributed by atoms with Gasteiger partial charge < -0.3 is 10.5 Å². The number of hydrogen-bond acceptors (Lipinski definition) is 3. The van der Waals surface area contributed by atoms with E-state index in [1.54, 1.807) is 13.3 Å². The Bertz CT molecular complexity index is 511. The Labute approximate surface area is 108 Å². The summed E-state index contributed by atoms with van der Waals surface area (Å²) >= 11 is 0. The van der Waals surface area contributed by atoms with Crippen LogP contribution in [-0.2, 0) is 6.42 Å². The van der Waals surface area contributed by atoms with Crippen LogP contribution in [0.15, 0.2) is 42.7 Å². The summed E-state index contributed by atoms with van der Waals surface area (Å²) in [5, 5.41) is 0. The van der Waals surface area contributed by atoms with E-state index in [0.717, 1.165) is 28.9 Å². The van der Waals surface area contributed by atoms with Gasteiger partial charge in [-0.15, -0.1) is 0 Å². The lowest BCUT2D eigenvalue weighted by Gasteiger charge is -2.15. The lowest BCUT2D eigenvalue weighted by atomic mass is 9.96. The predicted octanol–water partition coefficient (Wildman–Crippen LogP) is 2.64. The number of aromatic nitrogens is 1. The van der Waals surface area contributed by atoms with E-state index in [1.165, 1.54) is 0 Å². The maximum absolute atomic E-state index is 6.25. The molecule has 0 aliphatic rings. The molecule has 18 heavy (non-hydrogen) atoms. The Morgan fingerprint density at radius 1 is 1.33 bits per heavy atom. The topological polar surface area (TPSA) is 48.1 Å². The number of pyridine rings is 1. The van der Waals surface area contributed by atoms with E-state index in [0.29, 0.717) is 0 Å². The van der Waals surface area contributed by atoms with Crippen LogP contribution in [0.3, 0.4) is 0 Å². The summed E-state index contributed by atoms with van der Waals surface area (Å²) in [6, 6.07) is 9.97. The van der Waals surface area contributed by atoms with Gasteiger partial charge in [0.2, 0.25) is 0 Å². The molecule has 1 aromatic carbocycles. The van der Waals surface area contributed by atoms with E-state index < -0.39 is 0 Å². The zero-order chi connectivity index (χ0) is 13.0. The number of ether oxygens (including phenoxy) is 1. The van der Waals surface area contributed by atoms with Gasteiger partial charge >= 0.3 is 0 Å². The molecule has 1 aromatic heterocycles. The van der Waals surface area contributed by atoms with E-state index in [2.05, 4.69) is 11.9 Å². The van der Waals surface area contributed by atoms with Crippen molar-refractivity contribution in [1.82, 2.24) is 4.98 Å². The first-order valence-corrected chi connectivity index (χ1v) is 5.99. The van der Waals surface area contributed by atoms with E-state index in [9.17, 15) is 0 Å². The van der Waals surface area contributed by atoms with Crippen LogP contribution < -0.4 is 10.5 Å². The Balaban J connectivity index is 2.16. The van der Waals surface area contributed by atoms with Crippen molar-refractivity contribution in [2.45, 2.75) is 19.4 Å². The third kappa shape index (κ3) is 2.87. The molecule has 2 rings (SSSR count). The number of benzene rings is 1. The van der Waals surface area contributed by atoms with E-state index >= 15 is 0 Å². The average Bonchev–Trinajstić information content (AvgIpc) is 2.39. The zero-order valence-electron chi connectivity index (χ0n) is 10.8. The molecule has 94 valence electrons. The SMILES string of the molecule is COc1ccc(C(N)Cc2cccnc2)c(C)c1. The minimum Gasteiger partial charge on any atom is -0.497 e. The molecule has 0 radical (unpaired) electrons. The molecule has 0 amide bonds. The first-order chi connectivity index (χ1) is 8.70. The number of hydrogen-bond donors (Lipinski definition) is 1. The van der Waals surface area contributed by atoms with Crippen LogP contribution in [0.4, 0.5) is 0 Å². The highest BCUT2D eigenvalue weighted by Gasteiger charge is 2.10. The van der Waals surface area contributed by atoms with Crippen molar-refractivity contribution in [1.29, 1.82) is 0 Å². The van der Waals surface area contributed by atoms with Crippen LogP contribution in [0, 0.1) is 6.92 Å². The molecule has 2 N–H and O–H groups in total. The fraction of sp³-hybridized carbons (Fsp3) is 0.267. The van der Waals surface area contributed by atoms with Gasteiger partial charge in [0.05, 0.1) is 7.11 Å². The van der Waals surface area contributed by atoms with Crippen LogP contribution in [-0.4, -0.2) is 12.1 Å². The minimum atomic E-state index is -0.0138. The largest absolute Gasteiger partial charge is 0.497 e. The molecule has 0 fully saturated rings. The van der Waals surface area contributed by atoms with Crippen LogP contribution >= 0.6 is 0 Å². The lowest BCUT2D eigenvalue weighted by Crippen LogP contribution is -2.14. The van der Waals surface area contributed by atoms with Crippen LogP contribution in [0.25, 0.3) is 0 Å².